The molecule has 2 aromatic carbocycles. The number of carbonyl (C=O) groups excluding carboxylic acids is 1. The molecule has 1 unspecified atom stereocenters. The third-order valence-corrected chi connectivity index (χ3v) is 5.75. The zero-order chi connectivity index (χ0) is 17.9. The Kier molecular flexibility index (Phi) is 8.63. The summed E-state index contributed by atoms with van der Waals surface area (Å²) in [5.74, 6) is 1.35. The Hall–Kier alpha value is -0.863. The van der Waals surface area contributed by atoms with Crippen LogP contribution in [0, 0.1) is 0 Å². The Bertz CT molecular complexity index is 682. The fourth-order valence-corrected chi connectivity index (χ4v) is 4.42. The van der Waals surface area contributed by atoms with Gasteiger partial charge < -0.3 is 1.43 Å². The van der Waals surface area contributed by atoms with Gasteiger partial charge in [-0.1, -0.05) is 84.0 Å². The maximum absolute atomic E-state index is 12.8. The summed E-state index contributed by atoms with van der Waals surface area (Å²) >= 11 is 0. The van der Waals surface area contributed by atoms with Crippen LogP contribution in [0.2, 0.25) is 0 Å². The Morgan fingerprint density at radius 2 is 1.32 bits per heavy atom. The first kappa shape index (κ1) is 22.2. The predicted octanol–water partition coefficient (Wildman–Crippen LogP) is 3.32. The van der Waals surface area contributed by atoms with E-state index in [1.54, 1.807) is 0 Å². The average molecular weight is 348 g/mol. The molecule has 0 amide bonds. The van der Waals surface area contributed by atoms with Crippen LogP contribution in [-0.2, 0) is 0 Å². The summed E-state index contributed by atoms with van der Waals surface area (Å²) in [4.78, 5) is 12.8. The fourth-order valence-electron chi connectivity index (χ4n) is 2.88. The van der Waals surface area contributed by atoms with E-state index in [0.717, 1.165) is 5.56 Å². The number of rotatable bonds is 6. The van der Waals surface area contributed by atoms with Crippen LogP contribution in [0.1, 0.15) is 87.8 Å². The SMILES string of the molecule is CC(C)c1cc(C(C)C)c(PC(=O)c2ccccc2)c(C(C)C)c1.[H-].[Li+]. The first-order chi connectivity index (χ1) is 11.3. The zero-order valence-corrected chi connectivity index (χ0v) is 17.7. The summed E-state index contributed by atoms with van der Waals surface area (Å²) in [6, 6.07) is 14.3. The van der Waals surface area contributed by atoms with E-state index in [0.29, 0.717) is 17.8 Å². The van der Waals surface area contributed by atoms with Crippen molar-refractivity contribution in [2.75, 3.05) is 0 Å². The van der Waals surface area contributed by atoms with Gasteiger partial charge in [-0.25, -0.2) is 0 Å². The van der Waals surface area contributed by atoms with Crippen LogP contribution in [0.5, 0.6) is 0 Å². The van der Waals surface area contributed by atoms with Crippen molar-refractivity contribution in [2.24, 2.45) is 0 Å². The van der Waals surface area contributed by atoms with E-state index in [9.17, 15) is 4.79 Å². The molecule has 3 heteroatoms. The van der Waals surface area contributed by atoms with Crippen molar-refractivity contribution in [3.8, 4) is 0 Å². The van der Waals surface area contributed by atoms with Crippen molar-refractivity contribution in [1.29, 1.82) is 0 Å². The quantitative estimate of drug-likeness (QED) is 0.578. The number of benzene rings is 2. The van der Waals surface area contributed by atoms with Gasteiger partial charge in [-0.3, -0.25) is 4.79 Å². The van der Waals surface area contributed by atoms with Crippen molar-refractivity contribution in [3.05, 3.63) is 64.7 Å². The van der Waals surface area contributed by atoms with E-state index in [4.69, 9.17) is 0 Å². The smallest absolute Gasteiger partial charge is 1.00 e. The summed E-state index contributed by atoms with van der Waals surface area (Å²) < 4.78 is 0. The number of hydrogen-bond donors (Lipinski definition) is 0. The molecule has 1 atom stereocenters. The second-order valence-corrected chi connectivity index (χ2v) is 8.56. The molecule has 0 N–H and O–H groups in total. The van der Waals surface area contributed by atoms with Crippen LogP contribution >= 0.6 is 8.58 Å². The molecule has 25 heavy (non-hydrogen) atoms. The van der Waals surface area contributed by atoms with Crippen LogP contribution in [0.25, 0.3) is 0 Å². The molecule has 2 aromatic rings. The van der Waals surface area contributed by atoms with Crippen molar-refractivity contribution in [3.63, 3.8) is 0 Å². The summed E-state index contributed by atoms with van der Waals surface area (Å²) in [6.45, 7) is 13.4. The molecular formula is C22H30LiOP. The van der Waals surface area contributed by atoms with Crippen LogP contribution in [-0.4, -0.2) is 5.52 Å². The van der Waals surface area contributed by atoms with E-state index in [2.05, 4.69) is 53.7 Å². The summed E-state index contributed by atoms with van der Waals surface area (Å²) in [7, 11) is 0.190. The summed E-state index contributed by atoms with van der Waals surface area (Å²) in [5.41, 5.74) is 5.10. The average Bonchev–Trinajstić information content (AvgIpc) is 2.54. The molecule has 0 saturated carbocycles. The van der Waals surface area contributed by atoms with Crippen LogP contribution in [0.15, 0.2) is 42.5 Å². The van der Waals surface area contributed by atoms with Crippen LogP contribution < -0.4 is 24.2 Å². The molecule has 0 radical (unpaired) electrons. The van der Waals surface area contributed by atoms with Gasteiger partial charge in [-0.05, 0) is 48.3 Å². The first-order valence-electron chi connectivity index (χ1n) is 8.85. The molecule has 0 fully saturated rings. The molecule has 2 rings (SSSR count). The number of carbonyl (C=O) groups is 1. The van der Waals surface area contributed by atoms with Gasteiger partial charge in [0.05, 0.1) is 0 Å². The molecule has 0 bridgehead atoms. The van der Waals surface area contributed by atoms with Gasteiger partial charge in [-0.2, -0.15) is 0 Å². The van der Waals surface area contributed by atoms with E-state index >= 15 is 0 Å². The molecule has 0 saturated heterocycles. The Morgan fingerprint density at radius 1 is 0.840 bits per heavy atom. The van der Waals surface area contributed by atoms with Crippen molar-refractivity contribution < 1.29 is 25.1 Å². The van der Waals surface area contributed by atoms with Gasteiger partial charge >= 0.3 is 18.9 Å². The van der Waals surface area contributed by atoms with E-state index in [1.807, 2.05) is 30.3 Å². The van der Waals surface area contributed by atoms with Gasteiger partial charge in [0.2, 0.25) is 0 Å². The van der Waals surface area contributed by atoms with Gasteiger partial charge in [0.15, 0.2) is 5.52 Å². The molecular weight excluding hydrogens is 318 g/mol. The molecule has 130 valence electrons. The zero-order valence-electron chi connectivity index (χ0n) is 17.7. The largest absolute Gasteiger partial charge is 1.00 e. The van der Waals surface area contributed by atoms with Gasteiger partial charge in [0.1, 0.15) is 0 Å². The minimum Gasteiger partial charge on any atom is -1.00 e. The topological polar surface area (TPSA) is 17.1 Å². The Balaban J connectivity index is 0.00000312. The molecule has 0 aliphatic heterocycles. The molecule has 0 aromatic heterocycles. The van der Waals surface area contributed by atoms with E-state index in [-0.39, 0.29) is 34.4 Å². The van der Waals surface area contributed by atoms with Crippen LogP contribution in [0.3, 0.4) is 0 Å². The van der Waals surface area contributed by atoms with Crippen LogP contribution in [0.4, 0.5) is 0 Å². The molecule has 1 nitrogen and oxygen atoms in total. The maximum atomic E-state index is 12.8. The summed E-state index contributed by atoms with van der Waals surface area (Å²) in [6.07, 6.45) is 0. The second-order valence-electron chi connectivity index (χ2n) is 7.36. The number of hydrogen-bond acceptors (Lipinski definition) is 1. The fraction of sp³-hybridized carbons (Fsp3) is 0.409. The minimum atomic E-state index is 0. The third-order valence-electron chi connectivity index (χ3n) is 4.41. The predicted molar refractivity (Wildman–Crippen MR) is 109 cm³/mol. The minimum absolute atomic E-state index is 0. The van der Waals surface area contributed by atoms with E-state index < -0.39 is 0 Å². The van der Waals surface area contributed by atoms with Gasteiger partial charge in [0.25, 0.3) is 0 Å². The molecule has 0 aliphatic carbocycles. The van der Waals surface area contributed by atoms with Crippen molar-refractivity contribution in [1.82, 2.24) is 0 Å². The summed E-state index contributed by atoms with van der Waals surface area (Å²) in [5, 5.41) is 1.26. The van der Waals surface area contributed by atoms with Crippen molar-refractivity contribution >= 4 is 19.4 Å². The Labute approximate surface area is 168 Å². The molecule has 0 spiro atoms. The first-order valence-corrected chi connectivity index (χ1v) is 9.85. The van der Waals surface area contributed by atoms with E-state index in [1.165, 1.54) is 22.0 Å². The molecule has 0 aliphatic rings. The third kappa shape index (κ3) is 5.56. The normalized spacial score (nSPS) is 11.6. The van der Waals surface area contributed by atoms with Gasteiger partial charge in [0, 0.05) is 5.56 Å². The standard InChI is InChI=1S/C22H29OP.Li.H/c1-14(2)18-12-19(15(3)4)21(20(13-18)16(5)6)24-22(23)17-10-8-7-9-11-17;;/h7-16,24H,1-6H3;;/q;+1;-1. The Morgan fingerprint density at radius 3 is 1.72 bits per heavy atom. The monoisotopic (exact) mass is 348 g/mol. The second kappa shape index (κ2) is 9.73. The molecule has 0 heterocycles. The van der Waals surface area contributed by atoms with Gasteiger partial charge in [-0.15, -0.1) is 0 Å². The maximum Gasteiger partial charge on any atom is 1.00 e. The van der Waals surface area contributed by atoms with Crippen molar-refractivity contribution in [2.45, 2.75) is 59.3 Å².